The molecule has 0 unspecified atom stereocenters. The van der Waals surface area contributed by atoms with Crippen molar-refractivity contribution in [2.45, 2.75) is 0 Å². The molecule has 2 aromatic rings. The number of phenolic OH excluding ortho intramolecular Hbond substituents is 1. The Labute approximate surface area is 78.8 Å². The first kappa shape index (κ1) is 8.43. The summed E-state index contributed by atoms with van der Waals surface area (Å²) in [5.41, 5.74) is 6.05. The van der Waals surface area contributed by atoms with Crippen LogP contribution in [0, 0.1) is 0 Å². The van der Waals surface area contributed by atoms with Gasteiger partial charge in [-0.15, -0.1) is 0 Å². The number of aromatic amines is 1. The molecule has 72 valence electrons. The number of carbonyl (C=O) groups is 1. The molecule has 1 aromatic carbocycles. The summed E-state index contributed by atoms with van der Waals surface area (Å²) in [6, 6.07) is 4.72. The standard InChI is InChI=1S/C9H8N2O3/c10-7-6-4(2-1-3-5(6)12)11-8(7)9(13)14/h1-3,11-12H,10H2,(H,13,14). The number of aromatic hydroxyl groups is 1. The van der Waals surface area contributed by atoms with Crippen LogP contribution >= 0.6 is 0 Å². The fourth-order valence-corrected chi connectivity index (χ4v) is 1.42. The molecule has 5 nitrogen and oxygen atoms in total. The second-order valence-corrected chi connectivity index (χ2v) is 2.92. The molecule has 0 aliphatic heterocycles. The molecule has 1 heterocycles. The Hall–Kier alpha value is -2.17. The summed E-state index contributed by atoms with van der Waals surface area (Å²) in [5.74, 6) is -1.16. The van der Waals surface area contributed by atoms with Gasteiger partial charge in [-0.1, -0.05) is 6.07 Å². The number of H-pyrrole nitrogens is 1. The van der Waals surface area contributed by atoms with E-state index in [9.17, 15) is 9.90 Å². The van der Waals surface area contributed by atoms with E-state index in [1.807, 2.05) is 0 Å². The molecule has 0 amide bonds. The van der Waals surface area contributed by atoms with Crippen molar-refractivity contribution >= 4 is 22.6 Å². The maximum Gasteiger partial charge on any atom is 0.354 e. The number of rotatable bonds is 1. The number of carboxylic acid groups (broad SMARTS) is 1. The molecular weight excluding hydrogens is 184 g/mol. The van der Waals surface area contributed by atoms with Gasteiger partial charge in [0.15, 0.2) is 0 Å². The van der Waals surface area contributed by atoms with Gasteiger partial charge in [-0.2, -0.15) is 0 Å². The number of hydrogen-bond donors (Lipinski definition) is 4. The SMILES string of the molecule is Nc1c(C(=O)O)[nH]c2cccc(O)c12. The number of aromatic carboxylic acids is 1. The predicted octanol–water partition coefficient (Wildman–Crippen LogP) is 1.15. The summed E-state index contributed by atoms with van der Waals surface area (Å²) in [6.45, 7) is 0. The number of carboxylic acids is 1. The molecule has 0 atom stereocenters. The molecule has 0 bridgehead atoms. The number of nitrogen functional groups attached to an aromatic ring is 1. The van der Waals surface area contributed by atoms with E-state index < -0.39 is 5.97 Å². The monoisotopic (exact) mass is 192 g/mol. The van der Waals surface area contributed by atoms with Gasteiger partial charge in [-0.3, -0.25) is 0 Å². The lowest BCUT2D eigenvalue weighted by atomic mass is 10.2. The summed E-state index contributed by atoms with van der Waals surface area (Å²) < 4.78 is 0. The van der Waals surface area contributed by atoms with E-state index in [2.05, 4.69) is 4.98 Å². The number of hydrogen-bond acceptors (Lipinski definition) is 3. The Morgan fingerprint density at radius 1 is 1.43 bits per heavy atom. The summed E-state index contributed by atoms with van der Waals surface area (Å²) in [7, 11) is 0. The summed E-state index contributed by atoms with van der Waals surface area (Å²) >= 11 is 0. The van der Waals surface area contributed by atoms with E-state index in [0.29, 0.717) is 10.9 Å². The number of fused-ring (bicyclic) bond motifs is 1. The smallest absolute Gasteiger partial charge is 0.354 e. The minimum absolute atomic E-state index is 0.0243. The minimum Gasteiger partial charge on any atom is -0.507 e. The zero-order chi connectivity index (χ0) is 10.3. The molecule has 0 saturated heterocycles. The van der Waals surface area contributed by atoms with Gasteiger partial charge in [0.1, 0.15) is 11.4 Å². The summed E-state index contributed by atoms with van der Waals surface area (Å²) in [5, 5.41) is 18.6. The van der Waals surface area contributed by atoms with Crippen LogP contribution in [0.3, 0.4) is 0 Å². The quantitative estimate of drug-likeness (QED) is 0.544. The van der Waals surface area contributed by atoms with Crippen molar-refractivity contribution in [1.82, 2.24) is 4.98 Å². The van der Waals surface area contributed by atoms with Crippen LogP contribution in [0.1, 0.15) is 10.5 Å². The molecular formula is C9H8N2O3. The van der Waals surface area contributed by atoms with Gasteiger partial charge >= 0.3 is 5.97 Å². The van der Waals surface area contributed by atoms with Gasteiger partial charge < -0.3 is 20.9 Å². The van der Waals surface area contributed by atoms with E-state index >= 15 is 0 Å². The minimum atomic E-state index is -1.14. The van der Waals surface area contributed by atoms with Crippen molar-refractivity contribution in [2.75, 3.05) is 5.73 Å². The van der Waals surface area contributed by atoms with E-state index in [0.717, 1.165) is 0 Å². The normalized spacial score (nSPS) is 10.6. The van der Waals surface area contributed by atoms with Crippen LogP contribution in [0.5, 0.6) is 5.75 Å². The predicted molar refractivity (Wildman–Crippen MR) is 51.3 cm³/mol. The van der Waals surface area contributed by atoms with Crippen LogP contribution in [0.4, 0.5) is 5.69 Å². The first-order valence-corrected chi connectivity index (χ1v) is 3.93. The zero-order valence-corrected chi connectivity index (χ0v) is 7.11. The number of phenols is 1. The Bertz CT molecular complexity index is 516. The summed E-state index contributed by atoms with van der Waals surface area (Å²) in [4.78, 5) is 13.3. The van der Waals surface area contributed by atoms with E-state index in [1.54, 1.807) is 12.1 Å². The van der Waals surface area contributed by atoms with E-state index in [1.165, 1.54) is 6.07 Å². The number of aromatic nitrogens is 1. The highest BCUT2D eigenvalue weighted by molar-refractivity contribution is 6.06. The molecule has 0 aliphatic carbocycles. The Morgan fingerprint density at radius 3 is 2.71 bits per heavy atom. The largest absolute Gasteiger partial charge is 0.507 e. The first-order chi connectivity index (χ1) is 6.61. The second kappa shape index (κ2) is 2.66. The van der Waals surface area contributed by atoms with Gasteiger partial charge in [-0.25, -0.2) is 4.79 Å². The number of benzene rings is 1. The van der Waals surface area contributed by atoms with Crippen molar-refractivity contribution in [2.24, 2.45) is 0 Å². The van der Waals surface area contributed by atoms with Crippen molar-refractivity contribution in [3.63, 3.8) is 0 Å². The molecule has 0 fully saturated rings. The maximum absolute atomic E-state index is 10.7. The van der Waals surface area contributed by atoms with Crippen molar-refractivity contribution in [1.29, 1.82) is 0 Å². The molecule has 0 spiro atoms. The topological polar surface area (TPSA) is 99.3 Å². The van der Waals surface area contributed by atoms with E-state index in [4.69, 9.17) is 10.8 Å². The number of anilines is 1. The van der Waals surface area contributed by atoms with Crippen molar-refractivity contribution in [3.8, 4) is 5.75 Å². The molecule has 5 heteroatoms. The lowest BCUT2D eigenvalue weighted by Crippen LogP contribution is -2.00. The fraction of sp³-hybridized carbons (Fsp3) is 0. The van der Waals surface area contributed by atoms with Crippen molar-refractivity contribution in [3.05, 3.63) is 23.9 Å². The van der Waals surface area contributed by atoms with Crippen molar-refractivity contribution < 1.29 is 15.0 Å². The maximum atomic E-state index is 10.7. The lowest BCUT2D eigenvalue weighted by Gasteiger charge is -1.94. The first-order valence-electron chi connectivity index (χ1n) is 3.93. The summed E-state index contributed by atoms with van der Waals surface area (Å²) in [6.07, 6.45) is 0. The molecule has 0 saturated carbocycles. The van der Waals surface area contributed by atoms with Gasteiger partial charge in [0.25, 0.3) is 0 Å². The van der Waals surface area contributed by atoms with Gasteiger partial charge in [0.05, 0.1) is 16.6 Å². The van der Waals surface area contributed by atoms with Crippen LogP contribution in [0.25, 0.3) is 10.9 Å². The molecule has 1 aromatic heterocycles. The Balaban J connectivity index is 2.87. The fourth-order valence-electron chi connectivity index (χ4n) is 1.42. The van der Waals surface area contributed by atoms with Crippen LogP contribution in [-0.4, -0.2) is 21.2 Å². The van der Waals surface area contributed by atoms with Crippen LogP contribution in [0.2, 0.25) is 0 Å². The zero-order valence-electron chi connectivity index (χ0n) is 7.11. The van der Waals surface area contributed by atoms with Crippen LogP contribution in [0.15, 0.2) is 18.2 Å². The second-order valence-electron chi connectivity index (χ2n) is 2.92. The third-order valence-corrected chi connectivity index (χ3v) is 2.05. The van der Waals surface area contributed by atoms with Gasteiger partial charge in [0, 0.05) is 0 Å². The van der Waals surface area contributed by atoms with Crippen LogP contribution in [-0.2, 0) is 0 Å². The average molecular weight is 192 g/mol. The van der Waals surface area contributed by atoms with Gasteiger partial charge in [-0.05, 0) is 12.1 Å². The number of nitrogens with one attached hydrogen (secondary N) is 1. The molecule has 0 aliphatic rings. The highest BCUT2D eigenvalue weighted by atomic mass is 16.4. The lowest BCUT2D eigenvalue weighted by molar-refractivity contribution is 0.0692. The molecule has 2 rings (SSSR count). The highest BCUT2D eigenvalue weighted by Crippen LogP contribution is 2.31. The Morgan fingerprint density at radius 2 is 2.14 bits per heavy atom. The Kier molecular flexibility index (Phi) is 1.60. The third-order valence-electron chi connectivity index (χ3n) is 2.05. The number of nitrogens with two attached hydrogens (primary N) is 1. The molecule has 5 N–H and O–H groups in total. The highest BCUT2D eigenvalue weighted by Gasteiger charge is 2.16. The molecule has 14 heavy (non-hydrogen) atoms. The molecule has 0 radical (unpaired) electrons. The van der Waals surface area contributed by atoms with Crippen LogP contribution < -0.4 is 5.73 Å². The average Bonchev–Trinajstić information content (AvgIpc) is 2.45. The van der Waals surface area contributed by atoms with Gasteiger partial charge in [0.2, 0.25) is 0 Å². The third kappa shape index (κ3) is 0.990. The van der Waals surface area contributed by atoms with E-state index in [-0.39, 0.29) is 17.1 Å².